The van der Waals surface area contributed by atoms with E-state index in [-0.39, 0.29) is 12.8 Å². The van der Waals surface area contributed by atoms with Crippen molar-refractivity contribution < 1.29 is 49.1 Å². The van der Waals surface area contributed by atoms with Crippen LogP contribution in [0.5, 0.6) is 0 Å². The largest absolute Gasteiger partial charge is 0.393 e. The normalized spacial score (nSPS) is 13.8. The zero-order chi connectivity index (χ0) is 37.2. The summed E-state index contributed by atoms with van der Waals surface area (Å²) in [7, 11) is 0. The van der Waals surface area contributed by atoms with Crippen LogP contribution in [0.1, 0.15) is 194 Å². The Morgan fingerprint density at radius 1 is 0.380 bits per heavy atom. The lowest BCUT2D eigenvalue weighted by molar-refractivity contribution is -0.178. The Kier molecular flexibility index (Phi) is 32.9. The van der Waals surface area contributed by atoms with Crippen molar-refractivity contribution in [1.29, 1.82) is 0 Å². The van der Waals surface area contributed by atoms with Crippen LogP contribution in [0.3, 0.4) is 0 Å². The van der Waals surface area contributed by atoms with Crippen LogP contribution < -0.4 is 0 Å². The molecule has 0 aromatic rings. The average molecular weight is 715 g/mol. The number of carbonyl (C=O) groups is 4. The Hall–Kier alpha value is -1.88. The zero-order valence-corrected chi connectivity index (χ0v) is 31.8. The topological polar surface area (TPSA) is 168 Å². The van der Waals surface area contributed by atoms with Gasteiger partial charge in [0.15, 0.2) is 12.2 Å². The molecule has 0 aromatic heterocycles. The van der Waals surface area contributed by atoms with Crippen molar-refractivity contribution in [2.75, 3.05) is 13.2 Å². The maximum Gasteiger partial charge on any atom is 0.345 e. The molecule has 10 nitrogen and oxygen atoms in total. The highest BCUT2D eigenvalue weighted by atomic mass is 16.6. The second-order valence-corrected chi connectivity index (χ2v) is 14.2. The molecule has 0 heterocycles. The monoisotopic (exact) mass is 715 g/mol. The molecule has 0 fully saturated rings. The first kappa shape index (κ1) is 48.1. The zero-order valence-electron chi connectivity index (χ0n) is 31.8. The number of unbranched alkanes of at least 4 members (excludes halogenated alkanes) is 24. The second kappa shape index (κ2) is 34.2. The summed E-state index contributed by atoms with van der Waals surface area (Å²) in [6.07, 6.45) is 26.1. The van der Waals surface area contributed by atoms with Crippen molar-refractivity contribution in [3.8, 4) is 0 Å². The molecule has 50 heavy (non-hydrogen) atoms. The van der Waals surface area contributed by atoms with Crippen LogP contribution >= 0.6 is 0 Å². The Morgan fingerprint density at radius 3 is 0.820 bits per heavy atom. The number of hydrogen-bond acceptors (Lipinski definition) is 10. The SMILES string of the molecule is CCCCCCCCCCCCCCCCC(C(=O)OC(=O)C(O)CO)C(CCCCCCCCCCCCCC)C(=O)OC(=O)C(O)CO. The minimum absolute atomic E-state index is 0.202. The standard InChI is InChI=1S/C40H74O10/c1-3-5-7-9-11-13-15-17-18-20-22-24-26-28-30-34(38(46)50-40(48)36(44)32-42)33(37(45)49-39(47)35(43)31-41)29-27-25-23-21-19-16-14-12-10-8-6-4-2/h33-36,41-44H,3-32H2,1-2H3. The van der Waals surface area contributed by atoms with Crippen molar-refractivity contribution in [3.63, 3.8) is 0 Å². The Bertz CT molecular complexity index is 848. The van der Waals surface area contributed by atoms with E-state index in [2.05, 4.69) is 13.8 Å². The molecule has 4 atom stereocenters. The highest BCUT2D eigenvalue weighted by Gasteiger charge is 2.38. The molecule has 0 rings (SSSR count). The van der Waals surface area contributed by atoms with Crippen LogP contribution in [-0.2, 0) is 28.7 Å². The maximum atomic E-state index is 13.3. The van der Waals surface area contributed by atoms with Gasteiger partial charge in [0.1, 0.15) is 0 Å². The molecule has 0 saturated heterocycles. The number of ether oxygens (including phenoxy) is 2. The molecule has 0 bridgehead atoms. The minimum Gasteiger partial charge on any atom is -0.393 e. The highest BCUT2D eigenvalue weighted by Crippen LogP contribution is 2.29. The van der Waals surface area contributed by atoms with E-state index in [1.807, 2.05) is 0 Å². The van der Waals surface area contributed by atoms with Gasteiger partial charge in [-0.3, -0.25) is 9.59 Å². The summed E-state index contributed by atoms with van der Waals surface area (Å²) in [6, 6.07) is 0. The van der Waals surface area contributed by atoms with Crippen molar-refractivity contribution in [2.24, 2.45) is 11.8 Å². The average Bonchev–Trinajstić information content (AvgIpc) is 3.11. The van der Waals surface area contributed by atoms with Gasteiger partial charge in [0.05, 0.1) is 25.0 Å². The first-order valence-corrected chi connectivity index (χ1v) is 20.3. The molecular formula is C40H74O10. The lowest BCUT2D eigenvalue weighted by Gasteiger charge is -2.24. The maximum absolute atomic E-state index is 13.3. The van der Waals surface area contributed by atoms with Gasteiger partial charge in [0.25, 0.3) is 0 Å². The van der Waals surface area contributed by atoms with Gasteiger partial charge in [-0.2, -0.15) is 0 Å². The second-order valence-electron chi connectivity index (χ2n) is 14.2. The van der Waals surface area contributed by atoms with Crippen LogP contribution in [0.15, 0.2) is 0 Å². The predicted octanol–water partition coefficient (Wildman–Crippen LogP) is 8.03. The molecule has 0 saturated carbocycles. The third-order valence-corrected chi connectivity index (χ3v) is 9.62. The van der Waals surface area contributed by atoms with Gasteiger partial charge < -0.3 is 29.9 Å². The Labute approximate surface area is 303 Å². The van der Waals surface area contributed by atoms with Gasteiger partial charge in [-0.25, -0.2) is 9.59 Å². The first-order valence-electron chi connectivity index (χ1n) is 20.3. The molecule has 0 amide bonds. The molecule has 10 heteroatoms. The quantitative estimate of drug-likeness (QED) is 0.0287. The van der Waals surface area contributed by atoms with Crippen LogP contribution in [0, 0.1) is 11.8 Å². The van der Waals surface area contributed by atoms with E-state index < -0.39 is 61.1 Å². The number of carbonyl (C=O) groups excluding carboxylic acids is 4. The summed E-state index contributed by atoms with van der Waals surface area (Å²) >= 11 is 0. The van der Waals surface area contributed by atoms with Gasteiger partial charge in [0.2, 0.25) is 0 Å². The van der Waals surface area contributed by atoms with Crippen molar-refractivity contribution in [3.05, 3.63) is 0 Å². The molecule has 0 radical (unpaired) electrons. The van der Waals surface area contributed by atoms with Gasteiger partial charge in [-0.05, 0) is 12.8 Å². The van der Waals surface area contributed by atoms with Gasteiger partial charge >= 0.3 is 23.9 Å². The number of aliphatic hydroxyl groups is 4. The van der Waals surface area contributed by atoms with Crippen LogP contribution in [0.4, 0.5) is 0 Å². The summed E-state index contributed by atoms with van der Waals surface area (Å²) < 4.78 is 9.76. The third-order valence-electron chi connectivity index (χ3n) is 9.62. The summed E-state index contributed by atoms with van der Waals surface area (Å²) in [5, 5.41) is 37.6. The smallest absolute Gasteiger partial charge is 0.345 e. The molecule has 4 unspecified atom stereocenters. The van der Waals surface area contributed by atoms with Gasteiger partial charge in [-0.1, -0.05) is 181 Å². The van der Waals surface area contributed by atoms with E-state index in [9.17, 15) is 29.4 Å². The summed E-state index contributed by atoms with van der Waals surface area (Å²) in [4.78, 5) is 50.9. The van der Waals surface area contributed by atoms with E-state index in [1.165, 1.54) is 103 Å². The van der Waals surface area contributed by atoms with E-state index in [4.69, 9.17) is 19.7 Å². The Morgan fingerprint density at radius 2 is 0.600 bits per heavy atom. The third kappa shape index (κ3) is 26.0. The van der Waals surface area contributed by atoms with E-state index in [0.717, 1.165) is 51.4 Å². The summed E-state index contributed by atoms with van der Waals surface area (Å²) in [5.74, 6) is -6.91. The van der Waals surface area contributed by atoms with Crippen molar-refractivity contribution >= 4 is 23.9 Å². The highest BCUT2D eigenvalue weighted by molar-refractivity contribution is 5.94. The van der Waals surface area contributed by atoms with Gasteiger partial charge in [0, 0.05) is 0 Å². The van der Waals surface area contributed by atoms with Gasteiger partial charge in [-0.15, -0.1) is 0 Å². The molecule has 4 N–H and O–H groups in total. The van der Waals surface area contributed by atoms with E-state index in [1.54, 1.807) is 0 Å². The minimum atomic E-state index is -1.90. The molecular weight excluding hydrogens is 640 g/mol. The Balaban J connectivity index is 5.11. The molecule has 0 aliphatic rings. The molecule has 0 spiro atoms. The van der Waals surface area contributed by atoms with Crippen LogP contribution in [-0.4, -0.2) is 69.7 Å². The summed E-state index contributed by atoms with van der Waals surface area (Å²) in [6.45, 7) is 2.60. The number of rotatable bonds is 35. The fourth-order valence-corrected chi connectivity index (χ4v) is 6.37. The number of aliphatic hydroxyl groups excluding tert-OH is 4. The number of hydrogen-bond donors (Lipinski definition) is 4. The van der Waals surface area contributed by atoms with Crippen LogP contribution in [0.2, 0.25) is 0 Å². The molecule has 0 aliphatic carbocycles. The molecule has 294 valence electrons. The molecule has 0 aliphatic heterocycles. The van der Waals surface area contributed by atoms with Crippen molar-refractivity contribution in [2.45, 2.75) is 206 Å². The summed E-state index contributed by atoms with van der Waals surface area (Å²) in [5.41, 5.74) is 0. The van der Waals surface area contributed by atoms with Crippen molar-refractivity contribution in [1.82, 2.24) is 0 Å². The lowest BCUT2D eigenvalue weighted by Crippen LogP contribution is -2.38. The van der Waals surface area contributed by atoms with Crippen LogP contribution in [0.25, 0.3) is 0 Å². The first-order chi connectivity index (χ1) is 24.2. The predicted molar refractivity (Wildman–Crippen MR) is 196 cm³/mol. The lowest BCUT2D eigenvalue weighted by atomic mass is 9.83. The molecule has 0 aromatic carbocycles. The number of esters is 4. The van der Waals surface area contributed by atoms with E-state index in [0.29, 0.717) is 12.8 Å². The van der Waals surface area contributed by atoms with E-state index >= 15 is 0 Å². The fraction of sp³-hybridized carbons (Fsp3) is 0.900. The fourth-order valence-electron chi connectivity index (χ4n) is 6.37.